The lowest BCUT2D eigenvalue weighted by molar-refractivity contribution is 0.172. The maximum Gasteiger partial charge on any atom is 0.126 e. The highest BCUT2D eigenvalue weighted by atomic mass is 15.1. The van der Waals surface area contributed by atoms with Gasteiger partial charge in [0.1, 0.15) is 5.82 Å². The molecule has 0 amide bonds. The van der Waals surface area contributed by atoms with Crippen LogP contribution in [0.25, 0.3) is 0 Å². The number of anilines is 1. The Morgan fingerprint density at radius 2 is 2.10 bits per heavy atom. The lowest BCUT2D eigenvalue weighted by Crippen LogP contribution is -2.35. The minimum atomic E-state index is 0.840. The minimum Gasteiger partial charge on any atom is -0.370 e. The van der Waals surface area contributed by atoms with E-state index < -0.39 is 0 Å². The third kappa shape index (κ3) is 5.64. The lowest BCUT2D eigenvalue weighted by atomic mass is 9.96. The molecule has 1 saturated heterocycles. The maximum absolute atomic E-state index is 4.69. The molecule has 1 fully saturated rings. The highest BCUT2D eigenvalue weighted by molar-refractivity contribution is 5.35. The Morgan fingerprint density at radius 1 is 1.33 bits per heavy atom. The van der Waals surface area contributed by atoms with Crippen molar-refractivity contribution >= 4 is 5.82 Å². The summed E-state index contributed by atoms with van der Waals surface area (Å²) in [5.74, 6) is 1.84. The van der Waals surface area contributed by atoms with Gasteiger partial charge in [0.05, 0.1) is 5.69 Å². The molecule has 2 heterocycles. The van der Waals surface area contributed by atoms with Gasteiger partial charge in [-0.15, -0.1) is 0 Å². The summed E-state index contributed by atoms with van der Waals surface area (Å²) in [5, 5.41) is 3.36. The first-order chi connectivity index (χ1) is 10.2. The molecule has 0 saturated carbocycles. The van der Waals surface area contributed by atoms with Crippen LogP contribution in [-0.4, -0.2) is 55.1 Å². The van der Waals surface area contributed by atoms with Crippen molar-refractivity contribution in [2.75, 3.05) is 45.6 Å². The molecular weight excluding hydrogens is 260 g/mol. The van der Waals surface area contributed by atoms with Crippen LogP contribution >= 0.6 is 0 Å². The first kappa shape index (κ1) is 16.2. The summed E-state index contributed by atoms with van der Waals surface area (Å²) in [6.07, 6.45) is 3.78. The van der Waals surface area contributed by atoms with Gasteiger partial charge in [0, 0.05) is 19.6 Å². The van der Waals surface area contributed by atoms with E-state index in [1.807, 2.05) is 0 Å². The lowest BCUT2D eigenvalue weighted by Gasteiger charge is -2.31. The molecule has 1 aliphatic heterocycles. The normalized spacial score (nSPS) is 17.3. The van der Waals surface area contributed by atoms with E-state index in [1.165, 1.54) is 32.5 Å². The van der Waals surface area contributed by atoms with Crippen LogP contribution in [0.3, 0.4) is 0 Å². The first-order valence-corrected chi connectivity index (χ1v) is 8.24. The second kappa shape index (κ2) is 8.35. The van der Waals surface area contributed by atoms with Gasteiger partial charge in [-0.1, -0.05) is 13.0 Å². The topological polar surface area (TPSA) is 31.4 Å². The van der Waals surface area contributed by atoms with E-state index >= 15 is 0 Å². The molecule has 0 radical (unpaired) electrons. The SMILES string of the molecule is CCCNc1cccc(CN(C)CC2CCN(C)CC2)n1. The zero-order chi connectivity index (χ0) is 15.1. The molecule has 1 N–H and O–H groups in total. The fraction of sp³-hybridized carbons (Fsp3) is 0.706. The zero-order valence-corrected chi connectivity index (χ0v) is 13.8. The molecule has 0 aliphatic carbocycles. The van der Waals surface area contributed by atoms with E-state index in [4.69, 9.17) is 4.98 Å². The Morgan fingerprint density at radius 3 is 2.81 bits per heavy atom. The molecule has 0 unspecified atom stereocenters. The average molecular weight is 290 g/mol. The van der Waals surface area contributed by atoms with Crippen LogP contribution in [0.2, 0.25) is 0 Å². The van der Waals surface area contributed by atoms with Gasteiger partial charge in [0.2, 0.25) is 0 Å². The molecule has 1 aromatic rings. The number of nitrogens with one attached hydrogen (secondary N) is 1. The van der Waals surface area contributed by atoms with Crippen molar-refractivity contribution < 1.29 is 0 Å². The summed E-state index contributed by atoms with van der Waals surface area (Å²) in [7, 11) is 4.44. The van der Waals surface area contributed by atoms with Crippen LogP contribution in [0.5, 0.6) is 0 Å². The Labute approximate surface area is 129 Å². The summed E-state index contributed by atoms with van der Waals surface area (Å²) in [4.78, 5) is 9.54. The van der Waals surface area contributed by atoms with Gasteiger partial charge >= 0.3 is 0 Å². The fourth-order valence-corrected chi connectivity index (χ4v) is 2.95. The largest absolute Gasteiger partial charge is 0.370 e. The zero-order valence-electron chi connectivity index (χ0n) is 13.8. The standard InChI is InChI=1S/C17H30N4/c1-4-10-18-17-7-5-6-16(19-17)14-21(3)13-15-8-11-20(2)12-9-15/h5-7,15H,4,8-14H2,1-3H3,(H,18,19). The number of nitrogens with zero attached hydrogens (tertiary/aromatic N) is 3. The first-order valence-electron chi connectivity index (χ1n) is 8.24. The molecule has 0 bridgehead atoms. The van der Waals surface area contributed by atoms with Gasteiger partial charge in [-0.3, -0.25) is 0 Å². The molecule has 21 heavy (non-hydrogen) atoms. The third-order valence-corrected chi connectivity index (χ3v) is 4.20. The molecule has 0 atom stereocenters. The number of pyridine rings is 1. The molecule has 4 nitrogen and oxygen atoms in total. The predicted octanol–water partition coefficient (Wildman–Crippen LogP) is 2.68. The van der Waals surface area contributed by atoms with E-state index in [0.29, 0.717) is 0 Å². The van der Waals surface area contributed by atoms with E-state index in [1.54, 1.807) is 0 Å². The van der Waals surface area contributed by atoms with E-state index in [9.17, 15) is 0 Å². The molecule has 118 valence electrons. The third-order valence-electron chi connectivity index (χ3n) is 4.20. The highest BCUT2D eigenvalue weighted by Crippen LogP contribution is 2.17. The Kier molecular flexibility index (Phi) is 6.46. The van der Waals surface area contributed by atoms with E-state index in [0.717, 1.165) is 36.9 Å². The summed E-state index contributed by atoms with van der Waals surface area (Å²) < 4.78 is 0. The Balaban J connectivity index is 1.80. The van der Waals surface area contributed by atoms with Crippen LogP contribution in [0.4, 0.5) is 5.82 Å². The van der Waals surface area contributed by atoms with Gasteiger partial charge in [-0.2, -0.15) is 0 Å². The Hall–Kier alpha value is -1.13. The average Bonchev–Trinajstić information content (AvgIpc) is 2.48. The van der Waals surface area contributed by atoms with Gasteiger partial charge in [0.15, 0.2) is 0 Å². The van der Waals surface area contributed by atoms with Crippen molar-refractivity contribution in [1.29, 1.82) is 0 Å². The van der Waals surface area contributed by atoms with E-state index in [-0.39, 0.29) is 0 Å². The number of hydrogen-bond donors (Lipinski definition) is 1. The van der Waals surface area contributed by atoms with Gasteiger partial charge in [-0.05, 0) is 64.5 Å². The molecule has 4 heteroatoms. The molecular formula is C17H30N4. The smallest absolute Gasteiger partial charge is 0.126 e. The number of likely N-dealkylation sites (tertiary alicyclic amines) is 1. The number of rotatable bonds is 7. The van der Waals surface area contributed by atoms with Crippen molar-refractivity contribution in [3.8, 4) is 0 Å². The molecule has 0 aromatic carbocycles. The predicted molar refractivity (Wildman–Crippen MR) is 89.6 cm³/mol. The second-order valence-corrected chi connectivity index (χ2v) is 6.38. The number of hydrogen-bond acceptors (Lipinski definition) is 4. The highest BCUT2D eigenvalue weighted by Gasteiger charge is 2.18. The Bertz CT molecular complexity index is 413. The van der Waals surface area contributed by atoms with E-state index in [2.05, 4.69) is 54.3 Å². The van der Waals surface area contributed by atoms with Gasteiger partial charge < -0.3 is 15.1 Å². The summed E-state index contributed by atoms with van der Waals surface area (Å²) in [5.41, 5.74) is 1.16. The van der Waals surface area contributed by atoms with Crippen LogP contribution in [0.1, 0.15) is 31.9 Å². The molecule has 1 aliphatic rings. The van der Waals surface area contributed by atoms with Crippen molar-refractivity contribution in [3.05, 3.63) is 23.9 Å². The summed E-state index contributed by atoms with van der Waals surface area (Å²) >= 11 is 0. The second-order valence-electron chi connectivity index (χ2n) is 6.38. The number of piperidine rings is 1. The minimum absolute atomic E-state index is 0.840. The van der Waals surface area contributed by atoms with Gasteiger partial charge in [0.25, 0.3) is 0 Å². The van der Waals surface area contributed by atoms with Gasteiger partial charge in [-0.25, -0.2) is 4.98 Å². The van der Waals surface area contributed by atoms with Crippen LogP contribution in [-0.2, 0) is 6.54 Å². The van der Waals surface area contributed by atoms with Crippen LogP contribution < -0.4 is 5.32 Å². The fourth-order valence-electron chi connectivity index (χ4n) is 2.95. The quantitative estimate of drug-likeness (QED) is 0.836. The van der Waals surface area contributed by atoms with Crippen LogP contribution in [0.15, 0.2) is 18.2 Å². The molecule has 0 spiro atoms. The van der Waals surface area contributed by atoms with Crippen molar-refractivity contribution in [2.24, 2.45) is 5.92 Å². The van der Waals surface area contributed by atoms with Crippen molar-refractivity contribution in [3.63, 3.8) is 0 Å². The summed E-state index contributed by atoms with van der Waals surface area (Å²) in [6, 6.07) is 6.28. The monoisotopic (exact) mass is 290 g/mol. The molecule has 1 aromatic heterocycles. The maximum atomic E-state index is 4.69. The van der Waals surface area contributed by atoms with Crippen LogP contribution in [0, 0.1) is 5.92 Å². The van der Waals surface area contributed by atoms with Crippen molar-refractivity contribution in [1.82, 2.24) is 14.8 Å². The summed E-state index contributed by atoms with van der Waals surface area (Å²) in [6.45, 7) is 7.77. The van der Waals surface area contributed by atoms with Crippen molar-refractivity contribution in [2.45, 2.75) is 32.7 Å². The number of aromatic nitrogens is 1. The molecule has 2 rings (SSSR count).